The topological polar surface area (TPSA) is 84.8 Å². The summed E-state index contributed by atoms with van der Waals surface area (Å²) < 4.78 is 31.7. The fourth-order valence-electron chi connectivity index (χ4n) is 1.92. The Hall–Kier alpha value is -1.19. The van der Waals surface area contributed by atoms with Crippen molar-refractivity contribution in [3.8, 4) is 0 Å². The average Bonchev–Trinajstić information content (AvgIpc) is 2.51. The van der Waals surface area contributed by atoms with E-state index in [1.165, 1.54) is 23.5 Å². The molecule has 1 aromatic carbocycles. The van der Waals surface area contributed by atoms with Crippen molar-refractivity contribution in [2.75, 3.05) is 30.4 Å². The van der Waals surface area contributed by atoms with Crippen molar-refractivity contribution in [2.24, 2.45) is 4.99 Å². The standard InChI is InChI=1S/C16H24N2O4S3/c1-6-8-17-16(23-4)24-14-10-12(15(19)22-7-2)11(3)9-13(14)18-25(5,20)21/h9-10,18H,6-8H2,1-5H3. The normalized spacial score (nSPS) is 12.1. The second-order valence-electron chi connectivity index (χ2n) is 5.21. The molecule has 25 heavy (non-hydrogen) atoms. The third kappa shape index (κ3) is 7.29. The van der Waals surface area contributed by atoms with Gasteiger partial charge in [0.2, 0.25) is 10.0 Å². The van der Waals surface area contributed by atoms with Crippen LogP contribution < -0.4 is 4.72 Å². The lowest BCUT2D eigenvalue weighted by Crippen LogP contribution is -2.13. The lowest BCUT2D eigenvalue weighted by Gasteiger charge is -2.15. The van der Waals surface area contributed by atoms with Crippen LogP contribution in [0.1, 0.15) is 36.2 Å². The fourth-order valence-corrected chi connectivity index (χ4v) is 4.11. The molecule has 0 atom stereocenters. The highest BCUT2D eigenvalue weighted by Crippen LogP contribution is 2.34. The predicted molar refractivity (Wildman–Crippen MR) is 108 cm³/mol. The molecule has 0 spiro atoms. The maximum absolute atomic E-state index is 12.1. The van der Waals surface area contributed by atoms with Crippen molar-refractivity contribution in [3.63, 3.8) is 0 Å². The van der Waals surface area contributed by atoms with Gasteiger partial charge in [-0.15, -0.1) is 11.8 Å². The van der Waals surface area contributed by atoms with Crippen LogP contribution in [0, 0.1) is 6.92 Å². The first-order valence-corrected chi connectivity index (χ1v) is 11.7. The highest BCUT2D eigenvalue weighted by Gasteiger charge is 2.18. The molecule has 0 saturated carbocycles. The summed E-state index contributed by atoms with van der Waals surface area (Å²) in [5.41, 5.74) is 1.49. The van der Waals surface area contributed by atoms with Crippen molar-refractivity contribution in [2.45, 2.75) is 32.1 Å². The molecule has 0 amide bonds. The second-order valence-corrected chi connectivity index (χ2v) is 9.04. The van der Waals surface area contributed by atoms with Crippen molar-refractivity contribution >= 4 is 49.6 Å². The van der Waals surface area contributed by atoms with Gasteiger partial charge < -0.3 is 4.74 Å². The smallest absolute Gasteiger partial charge is 0.338 e. The van der Waals surface area contributed by atoms with Crippen molar-refractivity contribution in [3.05, 3.63) is 23.3 Å². The molecule has 6 nitrogen and oxygen atoms in total. The maximum Gasteiger partial charge on any atom is 0.338 e. The molecule has 0 aliphatic carbocycles. The van der Waals surface area contributed by atoms with Gasteiger partial charge in [-0.2, -0.15) is 0 Å². The van der Waals surface area contributed by atoms with Gasteiger partial charge >= 0.3 is 5.97 Å². The van der Waals surface area contributed by atoms with Gasteiger partial charge in [0.15, 0.2) is 0 Å². The second kappa shape index (κ2) is 10.1. The molecular formula is C16H24N2O4S3. The summed E-state index contributed by atoms with van der Waals surface area (Å²) in [5, 5.41) is 0. The Kier molecular flexibility index (Phi) is 8.81. The molecule has 1 aromatic rings. The Morgan fingerprint density at radius 3 is 2.52 bits per heavy atom. The molecule has 140 valence electrons. The molecular weight excluding hydrogens is 380 g/mol. The number of aryl methyl sites for hydroxylation is 1. The van der Waals surface area contributed by atoms with E-state index in [0.717, 1.165) is 17.1 Å². The molecule has 0 aliphatic heterocycles. The fraction of sp³-hybridized carbons (Fsp3) is 0.500. The van der Waals surface area contributed by atoms with E-state index < -0.39 is 16.0 Å². The van der Waals surface area contributed by atoms with E-state index in [4.69, 9.17) is 4.74 Å². The van der Waals surface area contributed by atoms with Gasteiger partial charge in [0.05, 0.1) is 24.1 Å². The molecule has 1 rings (SSSR count). The summed E-state index contributed by atoms with van der Waals surface area (Å²) >= 11 is 2.81. The first kappa shape index (κ1) is 21.9. The minimum absolute atomic E-state index is 0.276. The van der Waals surface area contributed by atoms with E-state index >= 15 is 0 Å². The number of carbonyl (C=O) groups excluding carboxylic acids is 1. The van der Waals surface area contributed by atoms with E-state index in [2.05, 4.69) is 9.71 Å². The Morgan fingerprint density at radius 2 is 2.00 bits per heavy atom. The third-order valence-electron chi connectivity index (χ3n) is 2.95. The number of nitrogens with zero attached hydrogens (tertiary/aromatic N) is 1. The number of thioether (sulfide) groups is 2. The number of hydrogen-bond donors (Lipinski definition) is 1. The lowest BCUT2D eigenvalue weighted by atomic mass is 10.1. The van der Waals surface area contributed by atoms with Gasteiger partial charge in [0.25, 0.3) is 0 Å². The highest BCUT2D eigenvalue weighted by atomic mass is 32.2. The number of anilines is 1. The van der Waals surface area contributed by atoms with E-state index in [1.54, 1.807) is 26.0 Å². The zero-order valence-corrected chi connectivity index (χ0v) is 17.5. The third-order valence-corrected chi connectivity index (χ3v) is 5.63. The van der Waals surface area contributed by atoms with E-state index in [9.17, 15) is 13.2 Å². The zero-order chi connectivity index (χ0) is 19.0. The minimum atomic E-state index is -3.45. The number of benzene rings is 1. The summed E-state index contributed by atoms with van der Waals surface area (Å²) in [5.74, 6) is -0.427. The van der Waals surface area contributed by atoms with Crippen molar-refractivity contribution < 1.29 is 17.9 Å². The number of carbonyl (C=O) groups is 1. The van der Waals surface area contributed by atoms with Crippen LogP contribution >= 0.6 is 23.5 Å². The van der Waals surface area contributed by atoms with Gasteiger partial charge in [-0.1, -0.05) is 18.7 Å². The van der Waals surface area contributed by atoms with Gasteiger partial charge in [-0.3, -0.25) is 9.71 Å². The van der Waals surface area contributed by atoms with Gasteiger partial charge in [-0.05, 0) is 44.2 Å². The van der Waals surface area contributed by atoms with Crippen LogP contribution in [0.2, 0.25) is 0 Å². The summed E-state index contributed by atoms with van der Waals surface area (Å²) in [6, 6.07) is 3.30. The summed E-state index contributed by atoms with van der Waals surface area (Å²) in [7, 11) is -3.45. The zero-order valence-electron chi connectivity index (χ0n) is 15.1. The first-order valence-electron chi connectivity index (χ1n) is 7.77. The number of rotatable bonds is 7. The number of aliphatic imine (C=N–C) groups is 1. The summed E-state index contributed by atoms with van der Waals surface area (Å²) in [4.78, 5) is 17.2. The number of ether oxygens (including phenoxy) is 1. The molecule has 0 radical (unpaired) electrons. The van der Waals surface area contributed by atoms with Crippen molar-refractivity contribution in [1.82, 2.24) is 0 Å². The van der Waals surface area contributed by atoms with Gasteiger partial charge in [0.1, 0.15) is 4.38 Å². The van der Waals surface area contributed by atoms with Crippen molar-refractivity contribution in [1.29, 1.82) is 0 Å². The molecule has 1 N–H and O–H groups in total. The Morgan fingerprint density at radius 1 is 1.32 bits per heavy atom. The Bertz CT molecular complexity index is 746. The molecule has 0 bridgehead atoms. The first-order chi connectivity index (χ1) is 11.7. The van der Waals surface area contributed by atoms with Gasteiger partial charge in [-0.25, -0.2) is 13.2 Å². The summed E-state index contributed by atoms with van der Waals surface area (Å²) in [6.45, 7) is 6.49. The summed E-state index contributed by atoms with van der Waals surface area (Å²) in [6.07, 6.45) is 3.92. The molecule has 0 aromatic heterocycles. The monoisotopic (exact) mass is 404 g/mol. The van der Waals surface area contributed by atoms with E-state index in [-0.39, 0.29) is 6.61 Å². The number of hydrogen-bond acceptors (Lipinski definition) is 7. The van der Waals surface area contributed by atoms with Crippen LogP contribution in [0.25, 0.3) is 0 Å². The average molecular weight is 405 g/mol. The molecule has 0 heterocycles. The number of esters is 1. The van der Waals surface area contributed by atoms with Crippen LogP contribution in [0.3, 0.4) is 0 Å². The SMILES string of the molecule is CCCN=C(SC)Sc1cc(C(=O)OCC)c(C)cc1NS(C)(=O)=O. The maximum atomic E-state index is 12.1. The van der Waals surface area contributed by atoms with E-state index in [0.29, 0.717) is 28.3 Å². The minimum Gasteiger partial charge on any atom is -0.462 e. The Labute approximate surface area is 158 Å². The predicted octanol–water partition coefficient (Wildman–Crippen LogP) is 3.76. The molecule has 0 saturated heterocycles. The number of sulfonamides is 1. The van der Waals surface area contributed by atoms with Crippen LogP contribution in [0.4, 0.5) is 5.69 Å². The Balaban J connectivity index is 3.36. The molecule has 0 fully saturated rings. The van der Waals surface area contributed by atoms with Crippen LogP contribution in [0.15, 0.2) is 22.0 Å². The molecule has 0 unspecified atom stereocenters. The lowest BCUT2D eigenvalue weighted by molar-refractivity contribution is 0.0525. The number of nitrogens with one attached hydrogen (secondary N) is 1. The highest BCUT2D eigenvalue weighted by molar-refractivity contribution is 8.38. The van der Waals surface area contributed by atoms with Gasteiger partial charge in [0, 0.05) is 11.4 Å². The van der Waals surface area contributed by atoms with E-state index in [1.807, 2.05) is 13.2 Å². The van der Waals surface area contributed by atoms with Crippen LogP contribution in [-0.4, -0.2) is 44.4 Å². The van der Waals surface area contributed by atoms with Crippen LogP contribution in [-0.2, 0) is 14.8 Å². The largest absolute Gasteiger partial charge is 0.462 e. The molecule has 0 aliphatic rings. The van der Waals surface area contributed by atoms with Crippen LogP contribution in [0.5, 0.6) is 0 Å². The quantitative estimate of drug-likeness (QED) is 0.322. The molecule has 9 heteroatoms.